The molecule has 2 fully saturated rings. The smallest absolute Gasteiger partial charge is 0.335 e. The van der Waals surface area contributed by atoms with Gasteiger partial charge in [0.2, 0.25) is 0 Å². The van der Waals surface area contributed by atoms with Crippen molar-refractivity contribution in [1.29, 1.82) is 0 Å². The Labute approximate surface area is 234 Å². The minimum absolute atomic E-state index is 0.0894. The van der Waals surface area contributed by atoms with E-state index in [4.69, 9.17) is 5.11 Å². The summed E-state index contributed by atoms with van der Waals surface area (Å²) in [5.41, 5.74) is 2.07. The molecule has 6 rings (SSSR count). The Balaban J connectivity index is 1.21. The van der Waals surface area contributed by atoms with Gasteiger partial charge in [0.15, 0.2) is 17.5 Å². The predicted octanol–water partition coefficient (Wildman–Crippen LogP) is 6.36. The van der Waals surface area contributed by atoms with Crippen LogP contribution in [0.5, 0.6) is 0 Å². The lowest BCUT2D eigenvalue weighted by atomic mass is 9.75. The molecule has 7 nitrogen and oxygen atoms in total. The number of carboxylic acid groups (broad SMARTS) is 1. The maximum absolute atomic E-state index is 14.9. The summed E-state index contributed by atoms with van der Waals surface area (Å²) in [7, 11) is 0. The van der Waals surface area contributed by atoms with E-state index >= 15 is 0 Å². The molecule has 1 aliphatic heterocycles. The first-order valence-electron chi connectivity index (χ1n) is 13.4. The van der Waals surface area contributed by atoms with Crippen LogP contribution in [0.3, 0.4) is 0 Å². The molecule has 2 N–H and O–H groups in total. The minimum Gasteiger partial charge on any atom is -0.478 e. The number of hydrogen-bond donors (Lipinski definition) is 2. The van der Waals surface area contributed by atoms with Crippen molar-refractivity contribution >= 4 is 17.7 Å². The van der Waals surface area contributed by atoms with Gasteiger partial charge in [-0.25, -0.2) is 27.4 Å². The van der Waals surface area contributed by atoms with Crippen molar-refractivity contribution in [2.75, 3.05) is 11.4 Å². The second-order valence-electron chi connectivity index (χ2n) is 10.8. The molecule has 1 saturated heterocycles. The maximum Gasteiger partial charge on any atom is 0.335 e. The number of anilines is 1. The van der Waals surface area contributed by atoms with Gasteiger partial charge in [-0.2, -0.15) is 5.10 Å². The van der Waals surface area contributed by atoms with Crippen LogP contribution in [-0.4, -0.2) is 39.0 Å². The second kappa shape index (κ2) is 10.4. The third-order valence-corrected chi connectivity index (χ3v) is 8.18. The fourth-order valence-electron chi connectivity index (χ4n) is 5.94. The third-order valence-electron chi connectivity index (χ3n) is 8.18. The van der Waals surface area contributed by atoms with E-state index in [0.29, 0.717) is 18.7 Å². The molecule has 1 saturated carbocycles. The quantitative estimate of drug-likeness (QED) is 0.269. The summed E-state index contributed by atoms with van der Waals surface area (Å²) < 4.78 is 44.3. The van der Waals surface area contributed by atoms with Crippen LogP contribution in [0.2, 0.25) is 0 Å². The Bertz CT molecular complexity index is 1610. The van der Waals surface area contributed by atoms with E-state index in [0.717, 1.165) is 43.0 Å². The molecule has 210 valence electrons. The summed E-state index contributed by atoms with van der Waals surface area (Å²) in [6.45, 7) is 0.474. The first-order valence-corrected chi connectivity index (χ1v) is 13.4. The lowest BCUT2D eigenvalue weighted by molar-refractivity contribution is 0.0697. The highest BCUT2D eigenvalue weighted by Crippen LogP contribution is 2.40. The maximum atomic E-state index is 14.9. The normalized spacial score (nSPS) is 20.4. The minimum atomic E-state index is -1.53. The van der Waals surface area contributed by atoms with Crippen molar-refractivity contribution in [2.24, 2.45) is 5.92 Å². The molecule has 0 radical (unpaired) electrons. The number of para-hydroxylation sites is 1. The van der Waals surface area contributed by atoms with Crippen molar-refractivity contribution in [1.82, 2.24) is 15.1 Å². The molecule has 4 aromatic rings. The summed E-state index contributed by atoms with van der Waals surface area (Å²) in [4.78, 5) is 25.7. The van der Waals surface area contributed by atoms with Gasteiger partial charge in [0.1, 0.15) is 0 Å². The number of benzene rings is 3. The van der Waals surface area contributed by atoms with E-state index < -0.39 is 29.0 Å². The Kier molecular flexibility index (Phi) is 6.76. The zero-order valence-electron chi connectivity index (χ0n) is 22.0. The van der Waals surface area contributed by atoms with Crippen molar-refractivity contribution in [2.45, 2.75) is 37.6 Å². The van der Waals surface area contributed by atoms with Crippen LogP contribution in [0.25, 0.3) is 16.9 Å². The molecule has 0 unspecified atom stereocenters. The summed E-state index contributed by atoms with van der Waals surface area (Å²) in [6, 6.07) is 17.4. The molecule has 2 heterocycles. The molecule has 1 aliphatic carbocycles. The highest BCUT2D eigenvalue weighted by Gasteiger charge is 2.45. The van der Waals surface area contributed by atoms with E-state index in [1.165, 1.54) is 18.2 Å². The number of carbonyl (C=O) groups excluding carboxylic acids is 1. The van der Waals surface area contributed by atoms with Crippen LogP contribution >= 0.6 is 0 Å². The predicted molar refractivity (Wildman–Crippen MR) is 147 cm³/mol. The van der Waals surface area contributed by atoms with Crippen LogP contribution in [0.4, 0.5) is 23.7 Å². The number of carbonyl (C=O) groups is 2. The van der Waals surface area contributed by atoms with Crippen LogP contribution in [-0.2, 0) is 6.42 Å². The van der Waals surface area contributed by atoms with Crippen molar-refractivity contribution in [3.63, 3.8) is 0 Å². The monoisotopic (exact) mass is 560 g/mol. The topological polar surface area (TPSA) is 87.5 Å². The van der Waals surface area contributed by atoms with Gasteiger partial charge >= 0.3 is 12.0 Å². The number of aromatic carboxylic acids is 1. The summed E-state index contributed by atoms with van der Waals surface area (Å²) in [5, 5.41) is 16.9. The standard InChI is InChI=1S/C31H27F3N4O3/c32-25-11-10-24(26(33)27(25)34)28-21(17-38(36-28)23-4-2-1-3-5-23)16-19-12-14-31(15-13-19)18-37(30(41)35-31)22-8-6-20(7-9-22)29(39)40/h1-11,17,19H,12-16,18H2,(H,35,41)(H,39,40). The van der Waals surface area contributed by atoms with Gasteiger partial charge in [0.25, 0.3) is 0 Å². The molecular formula is C31H27F3N4O3. The molecule has 1 aromatic heterocycles. The van der Waals surface area contributed by atoms with Crippen molar-refractivity contribution in [3.05, 3.63) is 102 Å². The van der Waals surface area contributed by atoms with Gasteiger partial charge in [-0.3, -0.25) is 4.90 Å². The van der Waals surface area contributed by atoms with Gasteiger partial charge in [0, 0.05) is 17.4 Å². The van der Waals surface area contributed by atoms with Crippen molar-refractivity contribution in [3.8, 4) is 16.9 Å². The second-order valence-corrected chi connectivity index (χ2v) is 10.8. The van der Waals surface area contributed by atoms with Gasteiger partial charge in [-0.1, -0.05) is 18.2 Å². The van der Waals surface area contributed by atoms with E-state index in [1.54, 1.807) is 21.7 Å². The number of aromatic nitrogens is 2. The van der Waals surface area contributed by atoms with Gasteiger partial charge in [-0.15, -0.1) is 0 Å². The first-order chi connectivity index (χ1) is 19.7. The Morgan fingerprint density at radius 1 is 0.951 bits per heavy atom. The zero-order valence-corrected chi connectivity index (χ0v) is 22.0. The van der Waals surface area contributed by atoms with E-state index in [-0.39, 0.29) is 28.8 Å². The number of hydrogen-bond acceptors (Lipinski definition) is 3. The highest BCUT2D eigenvalue weighted by atomic mass is 19.2. The average molecular weight is 561 g/mol. The van der Waals surface area contributed by atoms with Crippen LogP contribution in [0.1, 0.15) is 41.6 Å². The molecule has 10 heteroatoms. The van der Waals surface area contributed by atoms with Crippen LogP contribution in [0.15, 0.2) is 72.9 Å². The van der Waals surface area contributed by atoms with E-state index in [9.17, 15) is 22.8 Å². The van der Waals surface area contributed by atoms with Crippen molar-refractivity contribution < 1.29 is 27.9 Å². The number of amides is 2. The van der Waals surface area contributed by atoms with Gasteiger partial charge < -0.3 is 10.4 Å². The largest absolute Gasteiger partial charge is 0.478 e. The number of nitrogens with one attached hydrogen (secondary N) is 1. The third kappa shape index (κ3) is 5.05. The van der Waals surface area contributed by atoms with E-state index in [1.807, 2.05) is 36.5 Å². The average Bonchev–Trinajstić information content (AvgIpc) is 3.54. The molecule has 3 aromatic carbocycles. The van der Waals surface area contributed by atoms with Crippen LogP contribution < -0.4 is 10.2 Å². The Morgan fingerprint density at radius 3 is 2.34 bits per heavy atom. The van der Waals surface area contributed by atoms with E-state index in [2.05, 4.69) is 10.4 Å². The number of carboxylic acids is 1. The lowest BCUT2D eigenvalue weighted by Gasteiger charge is -2.36. The molecule has 2 aliphatic rings. The zero-order chi connectivity index (χ0) is 28.7. The van der Waals surface area contributed by atoms with Crippen LogP contribution in [0, 0.1) is 23.4 Å². The molecular weight excluding hydrogens is 533 g/mol. The molecule has 0 bridgehead atoms. The lowest BCUT2D eigenvalue weighted by Crippen LogP contribution is -2.46. The number of urea groups is 1. The number of nitrogens with zero attached hydrogens (tertiary/aromatic N) is 3. The summed E-state index contributed by atoms with van der Waals surface area (Å²) in [6.07, 6.45) is 5.43. The fourth-order valence-corrected chi connectivity index (χ4v) is 5.94. The van der Waals surface area contributed by atoms with Gasteiger partial charge in [-0.05, 0) is 92.1 Å². The fraction of sp³-hybridized carbons (Fsp3) is 0.258. The Hall–Kier alpha value is -4.60. The summed E-state index contributed by atoms with van der Waals surface area (Å²) in [5.74, 6) is -4.86. The number of rotatable bonds is 6. The molecule has 0 atom stereocenters. The summed E-state index contributed by atoms with van der Waals surface area (Å²) >= 11 is 0. The molecule has 41 heavy (non-hydrogen) atoms. The molecule has 2 amide bonds. The number of halogens is 3. The van der Waals surface area contributed by atoms with Gasteiger partial charge in [0.05, 0.1) is 29.0 Å². The first kappa shape index (κ1) is 26.6. The highest BCUT2D eigenvalue weighted by molar-refractivity contribution is 5.96. The SMILES string of the molecule is O=C(O)c1ccc(N2CC3(CCC(Cc4cn(-c5ccccc5)nc4-c4ccc(F)c(F)c4F)CC3)NC2=O)cc1. The Morgan fingerprint density at radius 2 is 1.66 bits per heavy atom. The molecule has 1 spiro atoms.